The van der Waals surface area contributed by atoms with Crippen LogP contribution in [-0.4, -0.2) is 43.3 Å². The van der Waals surface area contributed by atoms with Gasteiger partial charge in [0.15, 0.2) is 0 Å². The molecule has 2 heterocycles. The first-order valence-corrected chi connectivity index (χ1v) is 5.11. The number of aromatic nitrogens is 2. The highest BCUT2D eigenvalue weighted by Gasteiger charge is 2.22. The predicted molar refractivity (Wildman–Crippen MR) is 58.3 cm³/mol. The van der Waals surface area contributed by atoms with E-state index in [1.807, 2.05) is 13.1 Å². The molecule has 1 N–H and O–H groups in total. The standard InChI is InChI=1S/C10H16N4O/c1-11-8-3-4-14(6-8)9-5-10(15-2)13-7-12-9/h5,7-8,11H,3-4,6H2,1-2H3. The molecular weight excluding hydrogens is 192 g/mol. The second kappa shape index (κ2) is 4.44. The van der Waals surface area contributed by atoms with Crippen molar-refractivity contribution in [2.24, 2.45) is 0 Å². The van der Waals surface area contributed by atoms with Crippen LogP contribution in [0.5, 0.6) is 5.88 Å². The van der Waals surface area contributed by atoms with Gasteiger partial charge in [-0.05, 0) is 13.5 Å². The summed E-state index contributed by atoms with van der Waals surface area (Å²) in [6, 6.07) is 2.43. The molecule has 0 spiro atoms. The molecule has 5 nitrogen and oxygen atoms in total. The molecule has 0 amide bonds. The Bertz CT molecular complexity index is 331. The van der Waals surface area contributed by atoms with E-state index in [1.54, 1.807) is 13.4 Å². The first-order chi connectivity index (χ1) is 7.33. The summed E-state index contributed by atoms with van der Waals surface area (Å²) in [4.78, 5) is 10.5. The number of anilines is 1. The minimum atomic E-state index is 0.561. The number of methoxy groups -OCH3 is 1. The largest absolute Gasteiger partial charge is 0.481 e. The van der Waals surface area contributed by atoms with E-state index < -0.39 is 0 Å². The smallest absolute Gasteiger partial charge is 0.218 e. The number of likely N-dealkylation sites (N-methyl/N-ethyl adjacent to an activating group) is 1. The SMILES string of the molecule is CNC1CCN(c2cc(OC)ncn2)C1. The Hall–Kier alpha value is -1.36. The van der Waals surface area contributed by atoms with Crippen molar-refractivity contribution in [2.45, 2.75) is 12.5 Å². The minimum Gasteiger partial charge on any atom is -0.481 e. The molecule has 0 bridgehead atoms. The molecule has 1 aromatic rings. The minimum absolute atomic E-state index is 0.561. The molecule has 1 aromatic heterocycles. The maximum atomic E-state index is 5.07. The zero-order chi connectivity index (χ0) is 10.7. The highest BCUT2D eigenvalue weighted by atomic mass is 16.5. The topological polar surface area (TPSA) is 50.3 Å². The molecule has 0 aromatic carbocycles. The lowest BCUT2D eigenvalue weighted by molar-refractivity contribution is 0.397. The molecule has 1 aliphatic heterocycles. The first kappa shape index (κ1) is 10.2. The Balaban J connectivity index is 2.09. The summed E-state index contributed by atoms with van der Waals surface area (Å²) in [5, 5.41) is 3.28. The average molecular weight is 208 g/mol. The molecule has 15 heavy (non-hydrogen) atoms. The van der Waals surface area contributed by atoms with E-state index in [-0.39, 0.29) is 0 Å². The number of nitrogens with one attached hydrogen (secondary N) is 1. The van der Waals surface area contributed by atoms with E-state index in [2.05, 4.69) is 20.2 Å². The number of nitrogens with zero attached hydrogens (tertiary/aromatic N) is 3. The zero-order valence-corrected chi connectivity index (χ0v) is 9.10. The molecule has 2 rings (SSSR count). The van der Waals surface area contributed by atoms with Crippen LogP contribution in [0.2, 0.25) is 0 Å². The van der Waals surface area contributed by atoms with Gasteiger partial charge in [0.05, 0.1) is 7.11 Å². The number of hydrogen-bond donors (Lipinski definition) is 1. The van der Waals surface area contributed by atoms with Crippen molar-refractivity contribution in [1.29, 1.82) is 0 Å². The number of ether oxygens (including phenoxy) is 1. The van der Waals surface area contributed by atoms with Gasteiger partial charge < -0.3 is 15.0 Å². The summed E-state index contributed by atoms with van der Waals surface area (Å²) in [5.74, 6) is 1.56. The summed E-state index contributed by atoms with van der Waals surface area (Å²) in [7, 11) is 3.61. The number of rotatable bonds is 3. The highest BCUT2D eigenvalue weighted by Crippen LogP contribution is 2.20. The van der Waals surface area contributed by atoms with E-state index >= 15 is 0 Å². The molecule has 0 radical (unpaired) electrons. The summed E-state index contributed by atoms with van der Waals surface area (Å²) in [5.41, 5.74) is 0. The van der Waals surface area contributed by atoms with Crippen LogP contribution in [0, 0.1) is 0 Å². The van der Waals surface area contributed by atoms with Crippen molar-refractivity contribution in [3.63, 3.8) is 0 Å². The van der Waals surface area contributed by atoms with Crippen LogP contribution < -0.4 is 15.0 Å². The van der Waals surface area contributed by atoms with Crippen LogP contribution in [-0.2, 0) is 0 Å². The van der Waals surface area contributed by atoms with Crippen molar-refractivity contribution in [3.8, 4) is 5.88 Å². The summed E-state index contributed by atoms with van der Waals surface area (Å²) in [6.07, 6.45) is 2.70. The fourth-order valence-corrected chi connectivity index (χ4v) is 1.82. The van der Waals surface area contributed by atoms with Gasteiger partial charge in [-0.15, -0.1) is 0 Å². The fourth-order valence-electron chi connectivity index (χ4n) is 1.82. The van der Waals surface area contributed by atoms with Crippen LogP contribution in [0.25, 0.3) is 0 Å². The van der Waals surface area contributed by atoms with Crippen LogP contribution in [0.15, 0.2) is 12.4 Å². The molecule has 0 aliphatic carbocycles. The monoisotopic (exact) mass is 208 g/mol. The van der Waals surface area contributed by atoms with Gasteiger partial charge in [0.1, 0.15) is 12.1 Å². The van der Waals surface area contributed by atoms with Gasteiger partial charge >= 0.3 is 0 Å². The van der Waals surface area contributed by atoms with E-state index in [1.165, 1.54) is 0 Å². The fraction of sp³-hybridized carbons (Fsp3) is 0.600. The lowest BCUT2D eigenvalue weighted by atomic mass is 10.3. The van der Waals surface area contributed by atoms with E-state index in [4.69, 9.17) is 4.74 Å². The second-order valence-electron chi connectivity index (χ2n) is 3.64. The van der Waals surface area contributed by atoms with Crippen LogP contribution in [0.4, 0.5) is 5.82 Å². The molecule has 1 saturated heterocycles. The molecule has 1 atom stereocenters. The van der Waals surface area contributed by atoms with Crippen LogP contribution >= 0.6 is 0 Å². The number of hydrogen-bond acceptors (Lipinski definition) is 5. The van der Waals surface area contributed by atoms with Gasteiger partial charge in [0, 0.05) is 25.2 Å². The quantitative estimate of drug-likeness (QED) is 0.773. The van der Waals surface area contributed by atoms with Crippen molar-refractivity contribution in [2.75, 3.05) is 32.1 Å². The van der Waals surface area contributed by atoms with Crippen molar-refractivity contribution >= 4 is 5.82 Å². The lowest BCUT2D eigenvalue weighted by Gasteiger charge is -2.17. The Morgan fingerprint density at radius 2 is 2.40 bits per heavy atom. The summed E-state index contributed by atoms with van der Waals surface area (Å²) < 4.78 is 5.07. The Morgan fingerprint density at radius 3 is 3.07 bits per heavy atom. The first-order valence-electron chi connectivity index (χ1n) is 5.11. The van der Waals surface area contributed by atoms with E-state index in [0.717, 1.165) is 25.3 Å². The zero-order valence-electron chi connectivity index (χ0n) is 9.10. The van der Waals surface area contributed by atoms with Gasteiger partial charge in [0.25, 0.3) is 0 Å². The Labute approximate surface area is 89.5 Å². The molecule has 1 aliphatic rings. The van der Waals surface area contributed by atoms with Gasteiger partial charge in [0.2, 0.25) is 5.88 Å². The van der Waals surface area contributed by atoms with Gasteiger partial charge in [-0.3, -0.25) is 0 Å². The van der Waals surface area contributed by atoms with E-state index in [0.29, 0.717) is 11.9 Å². The molecule has 82 valence electrons. The summed E-state index contributed by atoms with van der Waals surface area (Å²) in [6.45, 7) is 2.03. The van der Waals surface area contributed by atoms with Crippen LogP contribution in [0.3, 0.4) is 0 Å². The predicted octanol–water partition coefficient (Wildman–Crippen LogP) is 0.283. The van der Waals surface area contributed by atoms with Gasteiger partial charge in [-0.2, -0.15) is 0 Å². The maximum Gasteiger partial charge on any atom is 0.218 e. The molecular formula is C10H16N4O. The normalized spacial score (nSPS) is 20.7. The van der Waals surface area contributed by atoms with Gasteiger partial charge in [-0.25, -0.2) is 9.97 Å². The van der Waals surface area contributed by atoms with Crippen molar-refractivity contribution in [3.05, 3.63) is 12.4 Å². The lowest BCUT2D eigenvalue weighted by Crippen LogP contribution is -2.29. The van der Waals surface area contributed by atoms with Crippen molar-refractivity contribution < 1.29 is 4.74 Å². The van der Waals surface area contributed by atoms with Gasteiger partial charge in [-0.1, -0.05) is 0 Å². The average Bonchev–Trinajstić information content (AvgIpc) is 2.78. The Kier molecular flexibility index (Phi) is 3.01. The second-order valence-corrected chi connectivity index (χ2v) is 3.64. The van der Waals surface area contributed by atoms with Crippen LogP contribution in [0.1, 0.15) is 6.42 Å². The third-order valence-corrected chi connectivity index (χ3v) is 2.76. The molecule has 1 unspecified atom stereocenters. The molecule has 0 saturated carbocycles. The van der Waals surface area contributed by atoms with E-state index in [9.17, 15) is 0 Å². The highest BCUT2D eigenvalue weighted by molar-refractivity contribution is 5.42. The third kappa shape index (κ3) is 2.18. The van der Waals surface area contributed by atoms with Crippen molar-refractivity contribution in [1.82, 2.24) is 15.3 Å². The summed E-state index contributed by atoms with van der Waals surface area (Å²) >= 11 is 0. The Morgan fingerprint density at radius 1 is 1.53 bits per heavy atom. The molecule has 5 heteroatoms. The third-order valence-electron chi connectivity index (χ3n) is 2.76. The maximum absolute atomic E-state index is 5.07. The molecule has 1 fully saturated rings.